The molecule has 2 N–H and O–H groups in total. The molecule has 106 valence electrons. The number of methoxy groups -OCH3 is 1. The molecule has 0 amide bonds. The Morgan fingerprint density at radius 1 is 1.25 bits per heavy atom. The number of hydrogen-bond acceptors (Lipinski definition) is 3. The van der Waals surface area contributed by atoms with Gasteiger partial charge in [0.25, 0.3) is 0 Å². The summed E-state index contributed by atoms with van der Waals surface area (Å²) >= 11 is 0. The van der Waals surface area contributed by atoms with E-state index in [2.05, 4.69) is 5.32 Å². The summed E-state index contributed by atoms with van der Waals surface area (Å²) in [6.45, 7) is 2.24. The van der Waals surface area contributed by atoms with Crippen molar-refractivity contribution >= 4 is 5.69 Å². The Morgan fingerprint density at radius 2 is 2.05 bits per heavy atom. The van der Waals surface area contributed by atoms with E-state index in [1.165, 1.54) is 12.1 Å². The van der Waals surface area contributed by atoms with Crippen molar-refractivity contribution in [2.45, 2.75) is 13.0 Å². The monoisotopic (exact) mass is 275 g/mol. The van der Waals surface area contributed by atoms with Crippen LogP contribution in [0.15, 0.2) is 42.5 Å². The number of aliphatic hydroxyl groups excluding tert-OH is 1. The van der Waals surface area contributed by atoms with Crippen LogP contribution in [0.25, 0.3) is 0 Å². The zero-order valence-corrected chi connectivity index (χ0v) is 11.6. The van der Waals surface area contributed by atoms with E-state index in [4.69, 9.17) is 4.74 Å². The fourth-order valence-electron chi connectivity index (χ4n) is 2.04. The van der Waals surface area contributed by atoms with Gasteiger partial charge in [0, 0.05) is 17.8 Å². The van der Waals surface area contributed by atoms with E-state index in [1.807, 2.05) is 25.1 Å². The van der Waals surface area contributed by atoms with E-state index in [-0.39, 0.29) is 12.4 Å². The summed E-state index contributed by atoms with van der Waals surface area (Å²) in [4.78, 5) is 0. The zero-order valence-electron chi connectivity index (χ0n) is 11.6. The maximum atomic E-state index is 13.1. The minimum Gasteiger partial charge on any atom is -0.496 e. The van der Waals surface area contributed by atoms with Crippen molar-refractivity contribution in [3.8, 4) is 5.75 Å². The van der Waals surface area contributed by atoms with E-state index in [0.29, 0.717) is 11.4 Å². The first-order valence-corrected chi connectivity index (χ1v) is 6.42. The van der Waals surface area contributed by atoms with Crippen molar-refractivity contribution < 1.29 is 14.2 Å². The number of aryl methyl sites for hydroxylation is 1. The van der Waals surface area contributed by atoms with Gasteiger partial charge in [-0.1, -0.05) is 17.7 Å². The standard InChI is InChI=1S/C16H18FNO2/c1-11-6-7-16(20-2)14(8-11)15(19)10-18-13-5-3-4-12(17)9-13/h3-9,15,18-19H,10H2,1-2H3. The third kappa shape index (κ3) is 3.48. The Morgan fingerprint density at radius 3 is 2.75 bits per heavy atom. The molecule has 2 rings (SSSR count). The first-order chi connectivity index (χ1) is 9.60. The Balaban J connectivity index is 2.08. The van der Waals surface area contributed by atoms with Gasteiger partial charge in [-0.25, -0.2) is 4.39 Å². The minimum atomic E-state index is -0.729. The molecule has 2 aromatic carbocycles. The number of ether oxygens (including phenoxy) is 1. The highest BCUT2D eigenvalue weighted by atomic mass is 19.1. The van der Waals surface area contributed by atoms with Crippen LogP contribution >= 0.6 is 0 Å². The molecule has 0 aliphatic heterocycles. The molecule has 20 heavy (non-hydrogen) atoms. The smallest absolute Gasteiger partial charge is 0.125 e. The Hall–Kier alpha value is -2.07. The summed E-state index contributed by atoms with van der Waals surface area (Å²) in [7, 11) is 1.57. The Labute approximate surface area is 118 Å². The maximum absolute atomic E-state index is 13.1. The van der Waals surface area contributed by atoms with Crippen molar-refractivity contribution in [1.29, 1.82) is 0 Å². The van der Waals surface area contributed by atoms with Gasteiger partial charge in [-0.3, -0.25) is 0 Å². The molecule has 3 nitrogen and oxygen atoms in total. The molecule has 0 heterocycles. The molecule has 1 atom stereocenters. The molecule has 0 spiro atoms. The van der Waals surface area contributed by atoms with Crippen molar-refractivity contribution in [1.82, 2.24) is 0 Å². The molecular formula is C16H18FNO2. The van der Waals surface area contributed by atoms with E-state index >= 15 is 0 Å². The molecule has 0 aromatic heterocycles. The van der Waals surface area contributed by atoms with Crippen LogP contribution in [0.1, 0.15) is 17.2 Å². The summed E-state index contributed by atoms with van der Waals surface area (Å²) in [5.41, 5.74) is 2.40. The second-order valence-electron chi connectivity index (χ2n) is 4.65. The van der Waals surface area contributed by atoms with Crippen LogP contribution in [-0.4, -0.2) is 18.8 Å². The highest BCUT2D eigenvalue weighted by Gasteiger charge is 2.13. The van der Waals surface area contributed by atoms with Crippen LogP contribution in [0.5, 0.6) is 5.75 Å². The molecule has 0 saturated heterocycles. The van der Waals surface area contributed by atoms with E-state index in [0.717, 1.165) is 11.1 Å². The van der Waals surface area contributed by atoms with Gasteiger partial charge in [0.1, 0.15) is 11.6 Å². The Bertz CT molecular complexity index is 586. The average molecular weight is 275 g/mol. The normalized spacial score (nSPS) is 12.0. The summed E-state index contributed by atoms with van der Waals surface area (Å²) < 4.78 is 18.3. The predicted molar refractivity (Wildman–Crippen MR) is 77.6 cm³/mol. The third-order valence-electron chi connectivity index (χ3n) is 3.07. The molecule has 0 aliphatic rings. The van der Waals surface area contributed by atoms with Gasteiger partial charge in [0.15, 0.2) is 0 Å². The van der Waals surface area contributed by atoms with Crippen molar-refractivity contribution in [2.24, 2.45) is 0 Å². The van der Waals surface area contributed by atoms with E-state index in [1.54, 1.807) is 19.2 Å². The molecule has 0 radical (unpaired) electrons. The minimum absolute atomic E-state index is 0.281. The second kappa shape index (κ2) is 6.39. The lowest BCUT2D eigenvalue weighted by molar-refractivity contribution is 0.187. The first-order valence-electron chi connectivity index (χ1n) is 6.42. The number of halogens is 1. The highest BCUT2D eigenvalue weighted by Crippen LogP contribution is 2.26. The fourth-order valence-corrected chi connectivity index (χ4v) is 2.04. The van der Waals surface area contributed by atoms with Crippen LogP contribution in [-0.2, 0) is 0 Å². The number of anilines is 1. The highest BCUT2D eigenvalue weighted by molar-refractivity contribution is 5.44. The third-order valence-corrected chi connectivity index (χ3v) is 3.07. The maximum Gasteiger partial charge on any atom is 0.125 e. The quantitative estimate of drug-likeness (QED) is 0.879. The fraction of sp³-hybridized carbons (Fsp3) is 0.250. The second-order valence-corrected chi connectivity index (χ2v) is 4.65. The van der Waals surface area contributed by atoms with E-state index in [9.17, 15) is 9.50 Å². The first kappa shape index (κ1) is 14.3. The van der Waals surface area contributed by atoms with Crippen LogP contribution in [0, 0.1) is 12.7 Å². The van der Waals surface area contributed by atoms with Crippen LogP contribution in [0.4, 0.5) is 10.1 Å². The molecule has 0 saturated carbocycles. The van der Waals surface area contributed by atoms with Gasteiger partial charge in [-0.2, -0.15) is 0 Å². The molecule has 0 aliphatic carbocycles. The topological polar surface area (TPSA) is 41.5 Å². The largest absolute Gasteiger partial charge is 0.496 e. The number of aliphatic hydroxyl groups is 1. The lowest BCUT2D eigenvalue weighted by atomic mass is 10.1. The van der Waals surface area contributed by atoms with Crippen LogP contribution in [0.3, 0.4) is 0 Å². The molecule has 2 aromatic rings. The SMILES string of the molecule is COc1ccc(C)cc1C(O)CNc1cccc(F)c1. The van der Waals surface area contributed by atoms with Gasteiger partial charge >= 0.3 is 0 Å². The molecule has 0 fully saturated rings. The van der Waals surface area contributed by atoms with Crippen LogP contribution < -0.4 is 10.1 Å². The summed E-state index contributed by atoms with van der Waals surface area (Å²) in [5.74, 6) is 0.335. The zero-order chi connectivity index (χ0) is 14.5. The predicted octanol–water partition coefficient (Wildman–Crippen LogP) is 3.29. The summed E-state index contributed by atoms with van der Waals surface area (Å²) in [6.07, 6.45) is -0.729. The van der Waals surface area contributed by atoms with E-state index < -0.39 is 6.10 Å². The van der Waals surface area contributed by atoms with Crippen molar-refractivity contribution in [2.75, 3.05) is 19.0 Å². The molecule has 0 bridgehead atoms. The van der Waals surface area contributed by atoms with Crippen molar-refractivity contribution in [3.05, 3.63) is 59.4 Å². The Kier molecular flexibility index (Phi) is 4.58. The number of benzene rings is 2. The van der Waals surface area contributed by atoms with Gasteiger partial charge in [0.2, 0.25) is 0 Å². The van der Waals surface area contributed by atoms with Gasteiger partial charge in [-0.05, 0) is 37.3 Å². The average Bonchev–Trinajstić information content (AvgIpc) is 2.45. The molecular weight excluding hydrogens is 257 g/mol. The molecule has 1 unspecified atom stereocenters. The number of nitrogens with one attached hydrogen (secondary N) is 1. The van der Waals surface area contributed by atoms with Gasteiger partial charge < -0.3 is 15.2 Å². The van der Waals surface area contributed by atoms with Gasteiger partial charge in [0.05, 0.1) is 13.2 Å². The summed E-state index contributed by atoms with van der Waals surface area (Å²) in [6, 6.07) is 11.8. The molecule has 4 heteroatoms. The van der Waals surface area contributed by atoms with Crippen molar-refractivity contribution in [3.63, 3.8) is 0 Å². The summed E-state index contributed by atoms with van der Waals surface area (Å²) in [5, 5.41) is 13.3. The van der Waals surface area contributed by atoms with Gasteiger partial charge in [-0.15, -0.1) is 0 Å². The lowest BCUT2D eigenvalue weighted by Crippen LogP contribution is -2.13. The number of hydrogen-bond donors (Lipinski definition) is 2. The van der Waals surface area contributed by atoms with Crippen LogP contribution in [0.2, 0.25) is 0 Å². The lowest BCUT2D eigenvalue weighted by Gasteiger charge is -2.17. The number of rotatable bonds is 5.